The lowest BCUT2D eigenvalue weighted by Crippen LogP contribution is -2.41. The molecule has 0 saturated heterocycles. The molecule has 0 bridgehead atoms. The lowest BCUT2D eigenvalue weighted by molar-refractivity contribution is 0.0748. The summed E-state index contributed by atoms with van der Waals surface area (Å²) in [5.74, 6) is -0.351. The number of benzene rings is 1. The van der Waals surface area contributed by atoms with Gasteiger partial charge in [0.2, 0.25) is 0 Å². The maximum Gasteiger partial charge on any atom is 0.123 e. The molecule has 4 heteroatoms. The number of nitrogens with two attached hydrogens (primary N) is 1. The molecule has 1 aromatic rings. The summed E-state index contributed by atoms with van der Waals surface area (Å²) in [5.41, 5.74) is 6.96. The Labute approximate surface area is 106 Å². The van der Waals surface area contributed by atoms with E-state index in [1.54, 1.807) is 0 Å². The number of hydrogen-bond donors (Lipinski definition) is 1. The van der Waals surface area contributed by atoms with Gasteiger partial charge >= 0.3 is 0 Å². The molecule has 2 N–H and O–H groups in total. The minimum absolute atomic E-state index is 0.236. The Morgan fingerprint density at radius 3 is 2.78 bits per heavy atom. The number of nitriles is 1. The Balaban J connectivity index is 1.94. The maximum absolute atomic E-state index is 13.1. The van der Waals surface area contributed by atoms with E-state index in [1.807, 2.05) is 6.07 Å². The van der Waals surface area contributed by atoms with Gasteiger partial charge in [-0.2, -0.15) is 5.26 Å². The van der Waals surface area contributed by atoms with Crippen LogP contribution in [0.5, 0.6) is 0 Å². The van der Waals surface area contributed by atoms with Gasteiger partial charge in [0.15, 0.2) is 0 Å². The van der Waals surface area contributed by atoms with Gasteiger partial charge in [0.25, 0.3) is 0 Å². The van der Waals surface area contributed by atoms with Gasteiger partial charge in [-0.25, -0.2) is 4.39 Å². The Hall–Kier alpha value is -1.44. The fraction of sp³-hybridized carbons (Fsp3) is 0.500. The van der Waals surface area contributed by atoms with Crippen LogP contribution < -0.4 is 5.73 Å². The Morgan fingerprint density at radius 2 is 2.11 bits per heavy atom. The topological polar surface area (TPSA) is 59.0 Å². The Kier molecular flexibility index (Phi) is 3.95. The SMILES string of the molecule is N#Cc1ccc(F)cc1COCC1(N)CCCC1. The summed E-state index contributed by atoms with van der Waals surface area (Å²) in [6.45, 7) is 0.702. The smallest absolute Gasteiger partial charge is 0.123 e. The monoisotopic (exact) mass is 248 g/mol. The highest BCUT2D eigenvalue weighted by molar-refractivity contribution is 5.37. The second kappa shape index (κ2) is 5.47. The summed E-state index contributed by atoms with van der Waals surface area (Å²) >= 11 is 0. The lowest BCUT2D eigenvalue weighted by Gasteiger charge is -2.23. The first-order chi connectivity index (χ1) is 8.63. The van der Waals surface area contributed by atoms with Crippen molar-refractivity contribution in [3.05, 3.63) is 35.1 Å². The second-order valence-corrected chi connectivity index (χ2v) is 4.98. The van der Waals surface area contributed by atoms with Crippen molar-refractivity contribution in [3.63, 3.8) is 0 Å². The third kappa shape index (κ3) is 3.06. The highest BCUT2D eigenvalue weighted by atomic mass is 19.1. The molecule has 18 heavy (non-hydrogen) atoms. The average molecular weight is 248 g/mol. The Bertz CT molecular complexity index is 461. The minimum atomic E-state index is -0.351. The molecule has 0 amide bonds. The molecule has 0 aromatic heterocycles. The first-order valence-corrected chi connectivity index (χ1v) is 6.18. The van der Waals surface area contributed by atoms with Crippen molar-refractivity contribution in [2.75, 3.05) is 6.61 Å². The van der Waals surface area contributed by atoms with Crippen LogP contribution in [-0.2, 0) is 11.3 Å². The van der Waals surface area contributed by atoms with E-state index < -0.39 is 0 Å². The van der Waals surface area contributed by atoms with E-state index in [2.05, 4.69) is 0 Å². The number of hydrogen-bond acceptors (Lipinski definition) is 3. The van der Waals surface area contributed by atoms with E-state index in [0.29, 0.717) is 17.7 Å². The van der Waals surface area contributed by atoms with Gasteiger partial charge in [-0.05, 0) is 36.6 Å². The van der Waals surface area contributed by atoms with E-state index in [1.165, 1.54) is 18.2 Å². The molecule has 96 valence electrons. The predicted octanol–water partition coefficient (Wildman–Crippen LogP) is 2.49. The lowest BCUT2D eigenvalue weighted by atomic mass is 10.0. The van der Waals surface area contributed by atoms with E-state index >= 15 is 0 Å². The molecule has 3 nitrogen and oxygen atoms in total. The van der Waals surface area contributed by atoms with Gasteiger partial charge in [-0.1, -0.05) is 12.8 Å². The van der Waals surface area contributed by atoms with Crippen LogP contribution in [0.4, 0.5) is 4.39 Å². The zero-order chi connectivity index (χ0) is 13.0. The van der Waals surface area contributed by atoms with Crippen molar-refractivity contribution < 1.29 is 9.13 Å². The average Bonchev–Trinajstić information content (AvgIpc) is 2.77. The van der Waals surface area contributed by atoms with Crippen LogP contribution in [0.2, 0.25) is 0 Å². The molecular formula is C14H17FN2O. The van der Waals surface area contributed by atoms with E-state index in [9.17, 15) is 4.39 Å². The van der Waals surface area contributed by atoms with Crippen LogP contribution in [0.15, 0.2) is 18.2 Å². The highest BCUT2D eigenvalue weighted by Gasteiger charge is 2.29. The normalized spacial score (nSPS) is 17.6. The molecule has 0 unspecified atom stereocenters. The number of halogens is 1. The molecule has 1 aliphatic rings. The highest BCUT2D eigenvalue weighted by Crippen LogP contribution is 2.27. The Morgan fingerprint density at radius 1 is 1.39 bits per heavy atom. The van der Waals surface area contributed by atoms with Gasteiger partial charge in [0, 0.05) is 5.54 Å². The molecule has 1 fully saturated rings. The van der Waals surface area contributed by atoms with Gasteiger partial charge < -0.3 is 10.5 Å². The fourth-order valence-corrected chi connectivity index (χ4v) is 2.38. The summed E-state index contributed by atoms with van der Waals surface area (Å²) in [7, 11) is 0. The minimum Gasteiger partial charge on any atom is -0.375 e. The molecule has 0 atom stereocenters. The molecule has 0 spiro atoms. The fourth-order valence-electron chi connectivity index (χ4n) is 2.38. The van der Waals surface area contributed by atoms with E-state index in [-0.39, 0.29) is 18.0 Å². The van der Waals surface area contributed by atoms with Crippen LogP contribution in [0.25, 0.3) is 0 Å². The molecule has 1 aromatic carbocycles. The maximum atomic E-state index is 13.1. The largest absolute Gasteiger partial charge is 0.375 e. The van der Waals surface area contributed by atoms with Crippen molar-refractivity contribution >= 4 is 0 Å². The number of nitrogens with zero attached hydrogens (tertiary/aromatic N) is 1. The third-order valence-electron chi connectivity index (χ3n) is 3.43. The summed E-state index contributed by atoms with van der Waals surface area (Å²) in [4.78, 5) is 0. The molecule has 0 radical (unpaired) electrons. The molecule has 2 rings (SSSR count). The third-order valence-corrected chi connectivity index (χ3v) is 3.43. The molecule has 1 aliphatic carbocycles. The molecule has 1 saturated carbocycles. The van der Waals surface area contributed by atoms with Crippen LogP contribution in [0.1, 0.15) is 36.8 Å². The standard InChI is InChI=1S/C14H17FN2O/c15-13-4-3-11(8-16)12(7-13)9-18-10-14(17)5-1-2-6-14/h3-4,7H,1-2,5-6,9-10,17H2. The zero-order valence-corrected chi connectivity index (χ0v) is 10.3. The van der Waals surface area contributed by atoms with Gasteiger partial charge in [-0.3, -0.25) is 0 Å². The summed E-state index contributed by atoms with van der Waals surface area (Å²) in [5, 5.41) is 8.92. The molecular weight excluding hydrogens is 231 g/mol. The second-order valence-electron chi connectivity index (χ2n) is 4.98. The van der Waals surface area contributed by atoms with Gasteiger partial charge in [0.1, 0.15) is 5.82 Å². The van der Waals surface area contributed by atoms with Crippen molar-refractivity contribution in [2.24, 2.45) is 5.73 Å². The summed E-state index contributed by atoms with van der Waals surface area (Å²) in [6, 6.07) is 6.13. The molecule has 0 aliphatic heterocycles. The van der Waals surface area contributed by atoms with Gasteiger partial charge in [-0.15, -0.1) is 0 Å². The summed E-state index contributed by atoms with van der Waals surface area (Å²) < 4.78 is 18.7. The van der Waals surface area contributed by atoms with Crippen molar-refractivity contribution in [3.8, 4) is 6.07 Å². The van der Waals surface area contributed by atoms with Crippen LogP contribution in [-0.4, -0.2) is 12.1 Å². The quantitative estimate of drug-likeness (QED) is 0.890. The zero-order valence-electron chi connectivity index (χ0n) is 10.3. The van der Waals surface area contributed by atoms with E-state index in [4.69, 9.17) is 15.7 Å². The van der Waals surface area contributed by atoms with Crippen molar-refractivity contribution in [1.82, 2.24) is 0 Å². The van der Waals surface area contributed by atoms with Gasteiger partial charge in [0.05, 0.1) is 24.8 Å². The number of rotatable bonds is 4. The van der Waals surface area contributed by atoms with Crippen LogP contribution in [0.3, 0.4) is 0 Å². The predicted molar refractivity (Wildman–Crippen MR) is 66.2 cm³/mol. The molecule has 0 heterocycles. The van der Waals surface area contributed by atoms with Crippen molar-refractivity contribution in [2.45, 2.75) is 37.8 Å². The first-order valence-electron chi connectivity index (χ1n) is 6.18. The van der Waals surface area contributed by atoms with Crippen molar-refractivity contribution in [1.29, 1.82) is 5.26 Å². The number of ether oxygens (including phenoxy) is 1. The van der Waals surface area contributed by atoms with Crippen LogP contribution in [0, 0.1) is 17.1 Å². The summed E-state index contributed by atoms with van der Waals surface area (Å²) in [6.07, 6.45) is 4.23. The van der Waals surface area contributed by atoms with Crippen LogP contribution >= 0.6 is 0 Å². The van der Waals surface area contributed by atoms with E-state index in [0.717, 1.165) is 25.7 Å². The first kappa shape index (κ1) is 13.0.